The van der Waals surface area contributed by atoms with Crippen molar-refractivity contribution in [2.45, 2.75) is 406 Å². The summed E-state index contributed by atoms with van der Waals surface area (Å²) < 4.78 is 68.2. The second-order valence-electron chi connectivity index (χ2n) is 27.2. The zero-order chi connectivity index (χ0) is 68.4. The quantitative estimate of drug-likeness (QED) is 0.0222. The van der Waals surface area contributed by atoms with Gasteiger partial charge in [0.15, 0.2) is 12.2 Å². The average molecular weight is 1370 g/mol. The molecule has 2 unspecified atom stereocenters. The molecule has 0 aliphatic carbocycles. The fourth-order valence-electron chi connectivity index (χ4n) is 11.4. The van der Waals surface area contributed by atoms with E-state index in [0.29, 0.717) is 25.7 Å². The lowest BCUT2D eigenvalue weighted by Crippen LogP contribution is -2.30. The normalized spacial score (nSPS) is 14.0. The number of phosphoric acid groups is 2. The molecule has 0 aliphatic rings. The lowest BCUT2D eigenvalue weighted by Gasteiger charge is -2.21. The van der Waals surface area contributed by atoms with Crippen molar-refractivity contribution in [3.05, 3.63) is 0 Å². The van der Waals surface area contributed by atoms with Gasteiger partial charge in [0.05, 0.1) is 26.4 Å². The van der Waals surface area contributed by atoms with Gasteiger partial charge in [0.1, 0.15) is 19.3 Å². The minimum Gasteiger partial charge on any atom is -0.462 e. The molecule has 0 amide bonds. The summed E-state index contributed by atoms with van der Waals surface area (Å²) in [6.45, 7) is 7.21. The molecular weight excluding hydrogens is 1220 g/mol. The Morgan fingerprint density at radius 2 is 0.495 bits per heavy atom. The number of ether oxygens (including phenoxy) is 4. The molecule has 3 N–H and O–H groups in total. The lowest BCUT2D eigenvalue weighted by molar-refractivity contribution is -0.161. The van der Waals surface area contributed by atoms with Crippen LogP contribution in [0.25, 0.3) is 0 Å². The smallest absolute Gasteiger partial charge is 0.462 e. The standard InChI is InChI=1S/C74H144O17P2/c1-6-9-12-15-17-19-21-22-23-24-25-26-30-33-36-40-43-48-53-58-72(77)85-64-70(91-74(79)60-55-50-45-41-37-34-31-28-27-29-32-35-38-42-47-51-56-67(4)5)66-89-93(82,83)87-62-68(75)61-86-92(80,81)88-65-69(63-84-71(76)57-52-46-14-11-8-3)90-73(78)59-54-49-44-39-20-18-16-13-10-7-2/h67-70,75H,6-66H2,1-5H3,(H,80,81)(H,82,83)/t68-,69+,70+/m0/s1. The second-order valence-corrected chi connectivity index (χ2v) is 30.1. The van der Waals surface area contributed by atoms with Crippen molar-refractivity contribution in [2.75, 3.05) is 39.6 Å². The number of unbranched alkanes of at least 4 members (excludes halogenated alkanes) is 46. The fourth-order valence-corrected chi connectivity index (χ4v) is 12.9. The number of carbonyl (C=O) groups excluding carboxylic acids is 4. The molecule has 0 rings (SSSR count). The highest BCUT2D eigenvalue weighted by atomic mass is 31.2. The van der Waals surface area contributed by atoms with E-state index in [4.69, 9.17) is 37.0 Å². The third-order valence-electron chi connectivity index (χ3n) is 17.3. The Morgan fingerprint density at radius 1 is 0.290 bits per heavy atom. The van der Waals surface area contributed by atoms with E-state index in [1.807, 2.05) is 0 Å². The molecule has 0 aromatic carbocycles. The first-order valence-electron chi connectivity index (χ1n) is 38.6. The summed E-state index contributed by atoms with van der Waals surface area (Å²) >= 11 is 0. The number of aliphatic hydroxyl groups excluding tert-OH is 1. The zero-order valence-corrected chi connectivity index (χ0v) is 62.2. The van der Waals surface area contributed by atoms with Crippen molar-refractivity contribution >= 4 is 39.5 Å². The Labute approximate surface area is 568 Å². The second kappa shape index (κ2) is 67.3. The number of aliphatic hydroxyl groups is 1. The highest BCUT2D eigenvalue weighted by Crippen LogP contribution is 2.45. The van der Waals surface area contributed by atoms with Gasteiger partial charge >= 0.3 is 39.5 Å². The SMILES string of the molecule is CCCCCCCCCCCCCCCCCCCCCC(=O)OC[C@H](COP(=O)(O)OC[C@@H](O)COP(=O)(O)OC[C@@H](COC(=O)CCCCCCC)OC(=O)CCCCCCCCCCCC)OC(=O)CCCCCCCCCCCCCCCCCCC(C)C. The molecule has 552 valence electrons. The molecule has 93 heavy (non-hydrogen) atoms. The van der Waals surface area contributed by atoms with E-state index in [-0.39, 0.29) is 25.7 Å². The number of phosphoric ester groups is 2. The molecule has 0 saturated heterocycles. The van der Waals surface area contributed by atoms with Gasteiger partial charge < -0.3 is 33.8 Å². The van der Waals surface area contributed by atoms with Crippen LogP contribution in [0.15, 0.2) is 0 Å². The van der Waals surface area contributed by atoms with Crippen molar-refractivity contribution in [3.63, 3.8) is 0 Å². The van der Waals surface area contributed by atoms with Crippen molar-refractivity contribution in [1.29, 1.82) is 0 Å². The van der Waals surface area contributed by atoms with Crippen LogP contribution in [0.1, 0.15) is 388 Å². The fraction of sp³-hybridized carbons (Fsp3) is 0.946. The first-order valence-corrected chi connectivity index (χ1v) is 41.6. The lowest BCUT2D eigenvalue weighted by atomic mass is 10.0. The third-order valence-corrected chi connectivity index (χ3v) is 19.2. The van der Waals surface area contributed by atoms with Crippen molar-refractivity contribution in [1.82, 2.24) is 0 Å². The maximum absolute atomic E-state index is 13.1. The van der Waals surface area contributed by atoms with Gasteiger partial charge in [0.2, 0.25) is 0 Å². The molecule has 0 aromatic heterocycles. The Bertz CT molecular complexity index is 1790. The van der Waals surface area contributed by atoms with Crippen LogP contribution in [0.4, 0.5) is 0 Å². The van der Waals surface area contributed by atoms with E-state index in [0.717, 1.165) is 102 Å². The molecule has 0 aliphatic heterocycles. The molecule has 19 heteroatoms. The van der Waals surface area contributed by atoms with Crippen molar-refractivity contribution < 1.29 is 80.2 Å². The van der Waals surface area contributed by atoms with Crippen molar-refractivity contribution in [3.8, 4) is 0 Å². The molecule has 0 bridgehead atoms. The summed E-state index contributed by atoms with van der Waals surface area (Å²) in [6.07, 6.45) is 56.0. The minimum atomic E-state index is -4.95. The van der Waals surface area contributed by atoms with Crippen LogP contribution in [0.3, 0.4) is 0 Å². The van der Waals surface area contributed by atoms with Crippen LogP contribution in [0.5, 0.6) is 0 Å². The average Bonchev–Trinajstić information content (AvgIpc) is 1.90. The highest BCUT2D eigenvalue weighted by molar-refractivity contribution is 7.47. The van der Waals surface area contributed by atoms with Crippen LogP contribution in [-0.4, -0.2) is 96.7 Å². The van der Waals surface area contributed by atoms with Gasteiger partial charge in [-0.25, -0.2) is 9.13 Å². The largest absolute Gasteiger partial charge is 0.472 e. The Hall–Kier alpha value is -1.94. The van der Waals surface area contributed by atoms with Gasteiger partial charge in [-0.1, -0.05) is 336 Å². The minimum absolute atomic E-state index is 0.106. The van der Waals surface area contributed by atoms with Crippen molar-refractivity contribution in [2.24, 2.45) is 5.92 Å². The predicted octanol–water partition coefficient (Wildman–Crippen LogP) is 21.7. The van der Waals surface area contributed by atoms with E-state index in [9.17, 15) is 43.2 Å². The summed E-state index contributed by atoms with van der Waals surface area (Å²) in [5, 5.41) is 10.6. The van der Waals surface area contributed by atoms with Crippen LogP contribution in [-0.2, 0) is 65.4 Å². The summed E-state index contributed by atoms with van der Waals surface area (Å²) in [5.41, 5.74) is 0. The first-order chi connectivity index (χ1) is 45.0. The topological polar surface area (TPSA) is 237 Å². The molecule has 17 nitrogen and oxygen atoms in total. The highest BCUT2D eigenvalue weighted by Gasteiger charge is 2.30. The van der Waals surface area contributed by atoms with Crippen LogP contribution >= 0.6 is 15.6 Å². The molecule has 0 spiro atoms. The maximum Gasteiger partial charge on any atom is 0.472 e. The summed E-state index contributed by atoms with van der Waals surface area (Å²) in [7, 11) is -9.89. The Balaban J connectivity index is 5.11. The molecule has 0 aromatic rings. The van der Waals surface area contributed by atoms with Crippen LogP contribution in [0.2, 0.25) is 0 Å². The monoisotopic (exact) mass is 1370 g/mol. The van der Waals surface area contributed by atoms with E-state index < -0.39 is 97.5 Å². The maximum atomic E-state index is 13.1. The summed E-state index contributed by atoms with van der Waals surface area (Å²) in [6, 6.07) is 0. The molecular formula is C74H144O17P2. The van der Waals surface area contributed by atoms with Crippen LogP contribution in [0, 0.1) is 5.92 Å². The van der Waals surface area contributed by atoms with E-state index in [1.54, 1.807) is 0 Å². The third kappa shape index (κ3) is 68.4. The van der Waals surface area contributed by atoms with Gasteiger partial charge in [0.25, 0.3) is 0 Å². The summed E-state index contributed by atoms with van der Waals surface area (Å²) in [5.74, 6) is -1.32. The molecule has 0 heterocycles. The molecule has 0 radical (unpaired) electrons. The van der Waals surface area contributed by atoms with Crippen LogP contribution < -0.4 is 0 Å². The molecule has 0 saturated carbocycles. The molecule has 5 atom stereocenters. The summed E-state index contributed by atoms with van der Waals surface area (Å²) in [4.78, 5) is 72.4. The van der Waals surface area contributed by atoms with Gasteiger partial charge in [0, 0.05) is 25.7 Å². The van der Waals surface area contributed by atoms with E-state index >= 15 is 0 Å². The number of esters is 4. The number of carbonyl (C=O) groups is 4. The zero-order valence-electron chi connectivity index (χ0n) is 60.4. The van der Waals surface area contributed by atoms with E-state index in [2.05, 4.69) is 34.6 Å². The Morgan fingerprint density at radius 3 is 0.731 bits per heavy atom. The number of rotatable bonds is 74. The van der Waals surface area contributed by atoms with Gasteiger partial charge in [-0.05, 0) is 31.6 Å². The Kier molecular flexibility index (Phi) is 65.9. The molecule has 0 fully saturated rings. The first kappa shape index (κ1) is 91.1. The predicted molar refractivity (Wildman–Crippen MR) is 377 cm³/mol. The van der Waals surface area contributed by atoms with Gasteiger partial charge in [-0.15, -0.1) is 0 Å². The van der Waals surface area contributed by atoms with E-state index in [1.165, 1.54) is 205 Å². The van der Waals surface area contributed by atoms with Gasteiger partial charge in [-0.3, -0.25) is 37.3 Å². The number of hydrogen-bond acceptors (Lipinski definition) is 15. The number of hydrogen-bond donors (Lipinski definition) is 3. The van der Waals surface area contributed by atoms with Gasteiger partial charge in [-0.2, -0.15) is 0 Å².